The van der Waals surface area contributed by atoms with Crippen LogP contribution in [0, 0.1) is 5.82 Å². The maximum atomic E-state index is 13.2. The Balaban J connectivity index is 1.96. The van der Waals surface area contributed by atoms with Crippen molar-refractivity contribution in [1.82, 2.24) is 5.43 Å². The van der Waals surface area contributed by atoms with Crippen molar-refractivity contribution in [2.75, 3.05) is 11.3 Å². The van der Waals surface area contributed by atoms with E-state index < -0.39 is 9.84 Å². The van der Waals surface area contributed by atoms with Gasteiger partial charge in [-0.25, -0.2) is 18.2 Å². The van der Waals surface area contributed by atoms with Gasteiger partial charge in [0.2, 0.25) is 0 Å². The van der Waals surface area contributed by atoms with E-state index >= 15 is 0 Å². The third kappa shape index (κ3) is 3.34. The maximum Gasteiger partial charge on any atom is 0.175 e. The molecule has 3 rings (SSSR count). The van der Waals surface area contributed by atoms with Gasteiger partial charge in [0.15, 0.2) is 9.84 Å². The molecule has 1 aliphatic heterocycles. The molecule has 2 aromatic rings. The number of hydrazine groups is 1. The summed E-state index contributed by atoms with van der Waals surface area (Å²) in [6.45, 7) is 2.08. The Morgan fingerprint density at radius 2 is 1.71 bits per heavy atom. The van der Waals surface area contributed by atoms with Crippen LogP contribution >= 0.6 is 0 Å². The third-order valence-corrected chi connectivity index (χ3v) is 5.13. The molecular formula is C18H19FN2O2S. The normalized spacial score (nSPS) is 17.9. The van der Waals surface area contributed by atoms with Crippen LogP contribution in [0.4, 0.5) is 10.1 Å². The third-order valence-electron chi connectivity index (χ3n) is 4.00. The van der Waals surface area contributed by atoms with Gasteiger partial charge in [0.1, 0.15) is 5.82 Å². The summed E-state index contributed by atoms with van der Waals surface area (Å²) in [5.74, 6) is -0.276. The summed E-state index contributed by atoms with van der Waals surface area (Å²) in [7, 11) is -3.22. The largest absolute Gasteiger partial charge is 0.276 e. The molecule has 1 heterocycles. The molecule has 126 valence electrons. The first kappa shape index (κ1) is 16.7. The number of nitrogens with one attached hydrogen (secondary N) is 1. The first-order valence-electron chi connectivity index (χ1n) is 7.72. The smallest absolute Gasteiger partial charge is 0.175 e. The Kier molecular flexibility index (Phi) is 4.43. The minimum atomic E-state index is -3.22. The molecule has 2 aromatic carbocycles. The number of rotatable bonds is 4. The molecule has 0 saturated carbocycles. The molecule has 0 amide bonds. The zero-order chi connectivity index (χ0) is 17.3. The van der Waals surface area contributed by atoms with Crippen molar-refractivity contribution < 1.29 is 12.8 Å². The summed E-state index contributed by atoms with van der Waals surface area (Å²) in [5.41, 5.74) is 6.02. The predicted octanol–water partition coefficient (Wildman–Crippen LogP) is 3.37. The van der Waals surface area contributed by atoms with Gasteiger partial charge in [-0.15, -0.1) is 0 Å². The Morgan fingerprint density at radius 3 is 2.25 bits per heavy atom. The molecule has 0 aliphatic carbocycles. The SMILES string of the molecule is CCC1C=C(c2ccc(F)cc2)N(c2ccc(S(C)(=O)=O)cc2)N1. The second kappa shape index (κ2) is 6.37. The molecule has 6 heteroatoms. The van der Waals surface area contributed by atoms with Crippen molar-refractivity contribution in [3.05, 3.63) is 66.0 Å². The Hall–Kier alpha value is -2.18. The van der Waals surface area contributed by atoms with Gasteiger partial charge in [0.05, 0.1) is 16.3 Å². The van der Waals surface area contributed by atoms with Crippen LogP contribution in [0.25, 0.3) is 5.70 Å². The van der Waals surface area contributed by atoms with Crippen LogP contribution in [0.15, 0.2) is 59.5 Å². The van der Waals surface area contributed by atoms with Crippen LogP contribution < -0.4 is 10.4 Å². The van der Waals surface area contributed by atoms with E-state index in [1.54, 1.807) is 36.4 Å². The van der Waals surface area contributed by atoms with Crippen LogP contribution in [0.1, 0.15) is 18.9 Å². The van der Waals surface area contributed by atoms with E-state index in [0.29, 0.717) is 0 Å². The van der Waals surface area contributed by atoms with Gasteiger partial charge < -0.3 is 0 Å². The second-order valence-electron chi connectivity index (χ2n) is 5.80. The molecule has 0 spiro atoms. The number of halogens is 1. The highest BCUT2D eigenvalue weighted by Gasteiger charge is 2.24. The molecule has 0 bridgehead atoms. The number of nitrogens with zero attached hydrogens (tertiary/aromatic N) is 1. The number of benzene rings is 2. The van der Waals surface area contributed by atoms with Gasteiger partial charge in [-0.2, -0.15) is 0 Å². The number of hydrogen-bond donors (Lipinski definition) is 1. The quantitative estimate of drug-likeness (QED) is 0.922. The molecule has 0 aromatic heterocycles. The van der Waals surface area contributed by atoms with Crippen LogP contribution in [-0.2, 0) is 9.84 Å². The number of sulfone groups is 1. The van der Waals surface area contributed by atoms with E-state index in [1.165, 1.54) is 18.4 Å². The van der Waals surface area contributed by atoms with Crippen molar-refractivity contribution >= 4 is 21.2 Å². The molecule has 24 heavy (non-hydrogen) atoms. The van der Waals surface area contributed by atoms with E-state index in [2.05, 4.69) is 18.4 Å². The summed E-state index contributed by atoms with van der Waals surface area (Å²) < 4.78 is 36.4. The molecule has 1 atom stereocenters. The van der Waals surface area contributed by atoms with E-state index in [0.717, 1.165) is 23.4 Å². The van der Waals surface area contributed by atoms with Crippen LogP contribution in [0.3, 0.4) is 0 Å². The maximum absolute atomic E-state index is 13.2. The minimum absolute atomic E-state index is 0.166. The Morgan fingerprint density at radius 1 is 1.08 bits per heavy atom. The summed E-state index contributed by atoms with van der Waals surface area (Å²) in [4.78, 5) is 0.282. The summed E-state index contributed by atoms with van der Waals surface area (Å²) in [6, 6.07) is 13.2. The fourth-order valence-corrected chi connectivity index (χ4v) is 3.28. The lowest BCUT2D eigenvalue weighted by molar-refractivity contribution is 0.601. The van der Waals surface area contributed by atoms with Crippen molar-refractivity contribution in [1.29, 1.82) is 0 Å². The fourth-order valence-electron chi connectivity index (χ4n) is 2.65. The Labute approximate surface area is 141 Å². The molecule has 1 unspecified atom stereocenters. The van der Waals surface area contributed by atoms with E-state index in [1.807, 2.05) is 5.01 Å². The van der Waals surface area contributed by atoms with Gasteiger partial charge in [0, 0.05) is 12.3 Å². The fraction of sp³-hybridized carbons (Fsp3) is 0.222. The van der Waals surface area contributed by atoms with Crippen LogP contribution in [0.2, 0.25) is 0 Å². The highest BCUT2D eigenvalue weighted by molar-refractivity contribution is 7.90. The molecule has 4 nitrogen and oxygen atoms in total. The first-order chi connectivity index (χ1) is 11.4. The van der Waals surface area contributed by atoms with Crippen molar-refractivity contribution in [3.8, 4) is 0 Å². The topological polar surface area (TPSA) is 49.4 Å². The van der Waals surface area contributed by atoms with Crippen molar-refractivity contribution in [2.45, 2.75) is 24.3 Å². The lowest BCUT2D eigenvalue weighted by atomic mass is 10.1. The standard InChI is InChI=1S/C18H19FN2O2S/c1-3-15-12-18(13-4-6-14(19)7-5-13)21(20-15)16-8-10-17(11-9-16)24(2,22)23/h4-12,15,20H,3H2,1-2H3. The summed E-state index contributed by atoms with van der Waals surface area (Å²) in [5, 5.41) is 1.91. The monoisotopic (exact) mass is 346 g/mol. The van der Waals surface area contributed by atoms with Gasteiger partial charge in [0.25, 0.3) is 0 Å². The Bertz CT molecular complexity index is 859. The summed E-state index contributed by atoms with van der Waals surface area (Å²) >= 11 is 0. The number of hydrogen-bond acceptors (Lipinski definition) is 4. The van der Waals surface area contributed by atoms with Crippen molar-refractivity contribution in [2.24, 2.45) is 0 Å². The molecule has 0 fully saturated rings. The lowest BCUT2D eigenvalue weighted by Gasteiger charge is -2.24. The highest BCUT2D eigenvalue weighted by Crippen LogP contribution is 2.30. The van der Waals surface area contributed by atoms with Crippen molar-refractivity contribution in [3.63, 3.8) is 0 Å². The molecule has 1 N–H and O–H groups in total. The van der Waals surface area contributed by atoms with Gasteiger partial charge in [-0.1, -0.05) is 6.92 Å². The number of anilines is 1. The molecule has 0 radical (unpaired) electrons. The van der Waals surface area contributed by atoms with E-state index in [-0.39, 0.29) is 16.8 Å². The van der Waals surface area contributed by atoms with E-state index in [9.17, 15) is 12.8 Å². The highest BCUT2D eigenvalue weighted by atomic mass is 32.2. The molecular weight excluding hydrogens is 327 g/mol. The predicted molar refractivity (Wildman–Crippen MR) is 93.6 cm³/mol. The molecule has 1 aliphatic rings. The van der Waals surface area contributed by atoms with Gasteiger partial charge in [-0.05, 0) is 66.6 Å². The molecule has 0 saturated heterocycles. The zero-order valence-electron chi connectivity index (χ0n) is 13.5. The van der Waals surface area contributed by atoms with Gasteiger partial charge >= 0.3 is 0 Å². The van der Waals surface area contributed by atoms with Crippen LogP contribution in [0.5, 0.6) is 0 Å². The van der Waals surface area contributed by atoms with Crippen LogP contribution in [-0.4, -0.2) is 20.7 Å². The average Bonchev–Trinajstić information content (AvgIpc) is 2.99. The first-order valence-corrected chi connectivity index (χ1v) is 9.62. The average molecular weight is 346 g/mol. The van der Waals surface area contributed by atoms with Gasteiger partial charge in [-0.3, -0.25) is 5.01 Å². The van der Waals surface area contributed by atoms with E-state index in [4.69, 9.17) is 0 Å². The zero-order valence-corrected chi connectivity index (χ0v) is 14.3. The summed E-state index contributed by atoms with van der Waals surface area (Å²) in [6.07, 6.45) is 4.19. The lowest BCUT2D eigenvalue weighted by Crippen LogP contribution is -2.36. The minimum Gasteiger partial charge on any atom is -0.276 e. The second-order valence-corrected chi connectivity index (χ2v) is 7.82.